The average Bonchev–Trinajstić information content (AvgIpc) is 3.23. The van der Waals surface area contributed by atoms with Crippen molar-refractivity contribution in [3.8, 4) is 11.4 Å². The molecular weight excluding hydrogens is 360 g/mol. The smallest absolute Gasteiger partial charge is 0.230 e. The molecule has 1 atom stereocenters. The van der Waals surface area contributed by atoms with Crippen molar-refractivity contribution in [2.45, 2.75) is 36.7 Å². The maximum atomic E-state index is 12.3. The van der Waals surface area contributed by atoms with Gasteiger partial charge in [0.25, 0.3) is 0 Å². The normalized spacial score (nSPS) is 16.6. The summed E-state index contributed by atoms with van der Waals surface area (Å²) in [6.07, 6.45) is 6.32. The second-order valence-electron chi connectivity index (χ2n) is 6.69. The molecule has 1 unspecified atom stereocenters. The number of hydrogen-bond donors (Lipinski definition) is 1. The summed E-state index contributed by atoms with van der Waals surface area (Å²) in [5.41, 5.74) is 0.970. The molecule has 27 heavy (non-hydrogen) atoms. The molecule has 0 aliphatic carbocycles. The summed E-state index contributed by atoms with van der Waals surface area (Å²) in [6.45, 7) is 0.795. The quantitative estimate of drug-likeness (QED) is 0.685. The van der Waals surface area contributed by atoms with Crippen molar-refractivity contribution in [3.63, 3.8) is 0 Å². The third kappa shape index (κ3) is 4.21. The van der Waals surface area contributed by atoms with E-state index in [4.69, 9.17) is 0 Å². The van der Waals surface area contributed by atoms with E-state index in [1.54, 1.807) is 16.4 Å². The van der Waals surface area contributed by atoms with Gasteiger partial charge in [-0.05, 0) is 25.0 Å². The van der Waals surface area contributed by atoms with Gasteiger partial charge in [0.1, 0.15) is 5.82 Å². The van der Waals surface area contributed by atoms with Crippen LogP contribution in [-0.2, 0) is 24.8 Å². The lowest BCUT2D eigenvalue weighted by atomic mass is 10.1. The van der Waals surface area contributed by atoms with Crippen LogP contribution in [0, 0.1) is 0 Å². The van der Waals surface area contributed by atoms with Crippen LogP contribution in [0.2, 0.25) is 0 Å². The van der Waals surface area contributed by atoms with Gasteiger partial charge in [0.2, 0.25) is 5.91 Å². The minimum absolute atomic E-state index is 0.0824. The number of fused-ring (bicyclic) bond motifs is 1. The van der Waals surface area contributed by atoms with Crippen LogP contribution in [0.15, 0.2) is 47.6 Å². The van der Waals surface area contributed by atoms with Crippen molar-refractivity contribution in [1.82, 2.24) is 29.9 Å². The van der Waals surface area contributed by atoms with Gasteiger partial charge >= 0.3 is 0 Å². The van der Waals surface area contributed by atoms with Gasteiger partial charge < -0.3 is 9.88 Å². The van der Waals surface area contributed by atoms with E-state index in [2.05, 4.69) is 25.2 Å². The highest BCUT2D eigenvalue weighted by atomic mass is 32.2. The number of nitrogens with zero attached hydrogens (tertiary/aromatic N) is 5. The van der Waals surface area contributed by atoms with Crippen LogP contribution in [0.4, 0.5) is 0 Å². The molecule has 0 radical (unpaired) electrons. The molecule has 1 amide bonds. The zero-order valence-electron chi connectivity index (χ0n) is 15.2. The van der Waals surface area contributed by atoms with Crippen molar-refractivity contribution in [2.24, 2.45) is 7.05 Å². The summed E-state index contributed by atoms with van der Waals surface area (Å²) in [7, 11) is 1.89. The molecule has 1 aliphatic rings. The fraction of sp³-hybridized carbons (Fsp3) is 0.368. The van der Waals surface area contributed by atoms with Crippen LogP contribution in [0.1, 0.15) is 18.7 Å². The molecule has 2 aromatic heterocycles. The molecular formula is C19H22N6OS. The van der Waals surface area contributed by atoms with Crippen LogP contribution in [0.3, 0.4) is 0 Å². The van der Waals surface area contributed by atoms with E-state index in [1.807, 2.05) is 49.8 Å². The van der Waals surface area contributed by atoms with Crippen molar-refractivity contribution in [2.75, 3.05) is 5.75 Å². The molecule has 0 saturated heterocycles. The van der Waals surface area contributed by atoms with Crippen LogP contribution in [0.25, 0.3) is 11.4 Å². The molecule has 0 spiro atoms. The Morgan fingerprint density at radius 1 is 1.26 bits per heavy atom. The first-order chi connectivity index (χ1) is 13.2. The Hall–Kier alpha value is -2.61. The van der Waals surface area contributed by atoms with Crippen LogP contribution in [0.5, 0.6) is 0 Å². The first kappa shape index (κ1) is 17.8. The standard InChI is InChI=1S/C19H22N6OS/c1-24-12-14(11-20-24)19-23-22-17-8-7-15(9-10-25(17)19)21-18(26)13-27-16-5-3-2-4-6-16/h2-6,11-12,15H,7-10,13H2,1H3,(H,21,26). The molecule has 0 fully saturated rings. The highest BCUT2D eigenvalue weighted by Gasteiger charge is 2.22. The van der Waals surface area contributed by atoms with Crippen molar-refractivity contribution < 1.29 is 4.79 Å². The van der Waals surface area contributed by atoms with E-state index in [0.29, 0.717) is 5.75 Å². The van der Waals surface area contributed by atoms with Gasteiger partial charge in [0, 0.05) is 37.1 Å². The van der Waals surface area contributed by atoms with Gasteiger partial charge in [-0.1, -0.05) is 18.2 Å². The predicted molar refractivity (Wildman–Crippen MR) is 104 cm³/mol. The highest BCUT2D eigenvalue weighted by molar-refractivity contribution is 8.00. The van der Waals surface area contributed by atoms with E-state index in [-0.39, 0.29) is 11.9 Å². The van der Waals surface area contributed by atoms with Gasteiger partial charge in [-0.2, -0.15) is 5.10 Å². The summed E-state index contributed by atoms with van der Waals surface area (Å²) in [5.74, 6) is 2.35. The Bertz CT molecular complexity index is 919. The first-order valence-corrected chi connectivity index (χ1v) is 10.1. The van der Waals surface area contributed by atoms with Crippen LogP contribution >= 0.6 is 11.8 Å². The first-order valence-electron chi connectivity index (χ1n) is 9.07. The number of thioether (sulfide) groups is 1. The molecule has 1 aliphatic heterocycles. The van der Waals surface area contributed by atoms with Crippen molar-refractivity contribution >= 4 is 17.7 Å². The Morgan fingerprint density at radius 3 is 2.89 bits per heavy atom. The lowest BCUT2D eigenvalue weighted by Gasteiger charge is -2.16. The Kier molecular flexibility index (Phi) is 5.24. The molecule has 7 nitrogen and oxygen atoms in total. The Morgan fingerprint density at radius 2 is 2.11 bits per heavy atom. The Labute approximate surface area is 162 Å². The largest absolute Gasteiger partial charge is 0.353 e. The van der Waals surface area contributed by atoms with E-state index < -0.39 is 0 Å². The molecule has 140 valence electrons. The lowest BCUT2D eigenvalue weighted by molar-refractivity contribution is -0.119. The fourth-order valence-corrected chi connectivity index (χ4v) is 4.05. The second kappa shape index (κ2) is 7.96. The summed E-state index contributed by atoms with van der Waals surface area (Å²) >= 11 is 1.56. The molecule has 0 saturated carbocycles. The zero-order valence-corrected chi connectivity index (χ0v) is 16.0. The van der Waals surface area contributed by atoms with Gasteiger partial charge in [0.05, 0.1) is 17.5 Å². The number of hydrogen-bond acceptors (Lipinski definition) is 5. The van der Waals surface area contributed by atoms with Crippen molar-refractivity contribution in [1.29, 1.82) is 0 Å². The fourth-order valence-electron chi connectivity index (χ4n) is 3.32. The van der Waals surface area contributed by atoms with E-state index >= 15 is 0 Å². The maximum absolute atomic E-state index is 12.3. The number of aromatic nitrogens is 5. The molecule has 8 heteroatoms. The number of aryl methyl sites for hydroxylation is 2. The third-order valence-electron chi connectivity index (χ3n) is 4.69. The summed E-state index contributed by atoms with van der Waals surface area (Å²) in [5, 5.41) is 16.1. The number of nitrogens with one attached hydrogen (secondary N) is 1. The minimum atomic E-state index is 0.0824. The van der Waals surface area contributed by atoms with Crippen molar-refractivity contribution in [3.05, 3.63) is 48.5 Å². The van der Waals surface area contributed by atoms with E-state index in [0.717, 1.165) is 47.9 Å². The SMILES string of the molecule is Cn1cc(-c2nnc3n2CCC(NC(=O)CSc2ccccc2)CC3)cn1. The molecule has 1 aromatic carbocycles. The van der Waals surface area contributed by atoms with Gasteiger partial charge in [0.15, 0.2) is 5.82 Å². The molecule has 0 bridgehead atoms. The van der Waals surface area contributed by atoms with E-state index in [1.165, 1.54) is 0 Å². The number of rotatable bonds is 5. The minimum Gasteiger partial charge on any atom is -0.353 e. The topological polar surface area (TPSA) is 77.6 Å². The van der Waals surface area contributed by atoms with E-state index in [9.17, 15) is 4.79 Å². The number of amides is 1. The third-order valence-corrected chi connectivity index (χ3v) is 5.70. The summed E-state index contributed by atoms with van der Waals surface area (Å²) in [4.78, 5) is 13.4. The van der Waals surface area contributed by atoms with Crippen LogP contribution in [-0.4, -0.2) is 42.2 Å². The zero-order chi connectivity index (χ0) is 18.6. The summed E-state index contributed by atoms with van der Waals surface area (Å²) in [6, 6.07) is 10.2. The lowest BCUT2D eigenvalue weighted by Crippen LogP contribution is -2.36. The molecule has 3 heterocycles. The van der Waals surface area contributed by atoms with Gasteiger partial charge in [-0.25, -0.2) is 0 Å². The van der Waals surface area contributed by atoms with Crippen LogP contribution < -0.4 is 5.32 Å². The number of carbonyl (C=O) groups excluding carboxylic acids is 1. The molecule has 3 aromatic rings. The van der Waals surface area contributed by atoms with Gasteiger partial charge in [-0.3, -0.25) is 9.48 Å². The molecule has 4 rings (SSSR count). The number of carbonyl (C=O) groups is 1. The molecule has 1 N–H and O–H groups in total. The monoisotopic (exact) mass is 382 g/mol. The maximum Gasteiger partial charge on any atom is 0.230 e. The second-order valence-corrected chi connectivity index (χ2v) is 7.74. The Balaban J connectivity index is 1.35. The summed E-state index contributed by atoms with van der Waals surface area (Å²) < 4.78 is 3.92. The predicted octanol–water partition coefficient (Wildman–Crippen LogP) is 2.29. The highest BCUT2D eigenvalue weighted by Crippen LogP contribution is 2.22. The van der Waals surface area contributed by atoms with Gasteiger partial charge in [-0.15, -0.1) is 22.0 Å². The average molecular weight is 382 g/mol. The number of benzene rings is 1.